The largest absolute Gasteiger partial charge is 0.513 e. The van der Waals surface area contributed by atoms with Gasteiger partial charge in [0.2, 0.25) is 0 Å². The molecule has 0 radical (unpaired) electrons. The lowest BCUT2D eigenvalue weighted by Crippen LogP contribution is -2.12. The van der Waals surface area contributed by atoms with E-state index in [1.165, 1.54) is 0 Å². The lowest BCUT2D eigenvalue weighted by molar-refractivity contribution is 0.0988. The van der Waals surface area contributed by atoms with Crippen LogP contribution >= 0.6 is 0 Å². The molecule has 0 aliphatic carbocycles. The van der Waals surface area contributed by atoms with Crippen molar-refractivity contribution in [3.05, 3.63) is 53.6 Å². The molecule has 0 saturated carbocycles. The highest BCUT2D eigenvalue weighted by Gasteiger charge is 2.15. The van der Waals surface area contributed by atoms with Crippen LogP contribution in [0.15, 0.2) is 42.5 Å². The van der Waals surface area contributed by atoms with Crippen LogP contribution < -0.4 is 4.74 Å². The predicted molar refractivity (Wildman–Crippen MR) is 97.8 cm³/mol. The Bertz CT molecular complexity index is 893. The minimum atomic E-state index is -0.639. The Balaban J connectivity index is 2.12. The van der Waals surface area contributed by atoms with E-state index in [0.29, 0.717) is 12.4 Å². The van der Waals surface area contributed by atoms with Crippen molar-refractivity contribution in [3.8, 4) is 5.75 Å². The zero-order chi connectivity index (χ0) is 17.1. The first-order chi connectivity index (χ1) is 11.6. The van der Waals surface area contributed by atoms with Crippen LogP contribution in [0, 0.1) is 13.8 Å². The number of ether oxygens (including phenoxy) is 2. The normalized spacial score (nSPS) is 11.0. The van der Waals surface area contributed by atoms with E-state index in [9.17, 15) is 4.79 Å². The molecule has 124 valence electrons. The molecule has 0 saturated heterocycles. The summed E-state index contributed by atoms with van der Waals surface area (Å²) in [4.78, 5) is 12.1. The molecular formula is C21H22O3. The standard InChI is InChI=1S/C21H22O3/c1-4-5-11-23-21(22)24-20-17-8-6-7-15(3)18(17)13-16-10-9-14(2)12-19(16)20/h6-10,12-13H,4-5,11H2,1-3H3. The SMILES string of the molecule is CCCCOC(=O)Oc1c2cc(C)ccc2cc2c(C)cccc12. The van der Waals surface area contributed by atoms with Gasteiger partial charge >= 0.3 is 6.16 Å². The molecule has 0 bridgehead atoms. The second-order valence-electron chi connectivity index (χ2n) is 6.15. The lowest BCUT2D eigenvalue weighted by atomic mass is 9.98. The molecule has 3 aromatic carbocycles. The monoisotopic (exact) mass is 322 g/mol. The van der Waals surface area contributed by atoms with Crippen molar-refractivity contribution in [2.45, 2.75) is 33.6 Å². The van der Waals surface area contributed by atoms with Crippen LogP contribution in [0.2, 0.25) is 0 Å². The number of carbonyl (C=O) groups excluding carboxylic acids is 1. The average molecular weight is 322 g/mol. The number of unbranched alkanes of at least 4 members (excludes halogenated alkanes) is 1. The van der Waals surface area contributed by atoms with E-state index in [-0.39, 0.29) is 0 Å². The first kappa shape index (κ1) is 16.3. The molecule has 0 atom stereocenters. The number of fused-ring (bicyclic) bond motifs is 2. The third-order valence-electron chi connectivity index (χ3n) is 4.23. The summed E-state index contributed by atoms with van der Waals surface area (Å²) in [5.74, 6) is 0.580. The van der Waals surface area contributed by atoms with E-state index in [2.05, 4.69) is 38.1 Å². The summed E-state index contributed by atoms with van der Waals surface area (Å²) in [6.45, 7) is 6.53. The Morgan fingerprint density at radius 1 is 1.00 bits per heavy atom. The van der Waals surface area contributed by atoms with E-state index < -0.39 is 6.16 Å². The van der Waals surface area contributed by atoms with Gasteiger partial charge in [0.05, 0.1) is 6.61 Å². The van der Waals surface area contributed by atoms with E-state index >= 15 is 0 Å². The molecule has 0 N–H and O–H groups in total. The van der Waals surface area contributed by atoms with E-state index in [1.807, 2.05) is 25.1 Å². The highest BCUT2D eigenvalue weighted by Crippen LogP contribution is 2.37. The Morgan fingerprint density at radius 2 is 1.83 bits per heavy atom. The zero-order valence-electron chi connectivity index (χ0n) is 14.4. The summed E-state index contributed by atoms with van der Waals surface area (Å²) in [5.41, 5.74) is 2.28. The second kappa shape index (κ2) is 6.91. The zero-order valence-corrected chi connectivity index (χ0v) is 14.4. The number of benzene rings is 3. The summed E-state index contributed by atoms with van der Waals surface area (Å²) in [5, 5.41) is 4.00. The number of hydrogen-bond acceptors (Lipinski definition) is 3. The van der Waals surface area contributed by atoms with Crippen LogP contribution in [0.4, 0.5) is 4.79 Å². The van der Waals surface area contributed by atoms with Crippen molar-refractivity contribution in [2.24, 2.45) is 0 Å². The Morgan fingerprint density at radius 3 is 2.62 bits per heavy atom. The summed E-state index contributed by atoms with van der Waals surface area (Å²) < 4.78 is 10.8. The molecule has 0 heterocycles. The van der Waals surface area contributed by atoms with Gasteiger partial charge in [-0.25, -0.2) is 4.79 Å². The molecule has 0 amide bonds. The van der Waals surface area contributed by atoms with E-state index in [1.54, 1.807) is 0 Å². The molecular weight excluding hydrogens is 300 g/mol. The maximum absolute atomic E-state index is 12.1. The van der Waals surface area contributed by atoms with E-state index in [0.717, 1.165) is 45.5 Å². The van der Waals surface area contributed by atoms with Crippen molar-refractivity contribution in [1.82, 2.24) is 0 Å². The molecule has 3 heteroatoms. The van der Waals surface area contributed by atoms with Gasteiger partial charge in [-0.2, -0.15) is 0 Å². The smallest absolute Gasteiger partial charge is 0.434 e. The van der Waals surface area contributed by atoms with Gasteiger partial charge in [0.25, 0.3) is 0 Å². The number of rotatable bonds is 4. The molecule has 3 nitrogen and oxygen atoms in total. The van der Waals surface area contributed by atoms with Gasteiger partial charge in [-0.1, -0.05) is 49.2 Å². The fourth-order valence-electron chi connectivity index (χ4n) is 2.89. The van der Waals surface area contributed by atoms with Crippen LogP contribution in [0.5, 0.6) is 5.75 Å². The number of aryl methyl sites for hydroxylation is 2. The molecule has 0 aliphatic heterocycles. The quantitative estimate of drug-likeness (QED) is 0.259. The van der Waals surface area contributed by atoms with Crippen LogP contribution in [0.3, 0.4) is 0 Å². The van der Waals surface area contributed by atoms with Gasteiger partial charge in [0.1, 0.15) is 5.75 Å². The van der Waals surface area contributed by atoms with Crippen LogP contribution in [0.1, 0.15) is 30.9 Å². The summed E-state index contributed by atoms with van der Waals surface area (Å²) >= 11 is 0. The fourth-order valence-corrected chi connectivity index (χ4v) is 2.89. The molecule has 3 aromatic rings. The molecule has 0 aromatic heterocycles. The first-order valence-corrected chi connectivity index (χ1v) is 8.37. The maximum Gasteiger partial charge on any atom is 0.513 e. The topological polar surface area (TPSA) is 35.5 Å². The second-order valence-corrected chi connectivity index (χ2v) is 6.15. The summed E-state index contributed by atoms with van der Waals surface area (Å²) in [6.07, 6.45) is 1.17. The van der Waals surface area contributed by atoms with Gasteiger partial charge in [0.15, 0.2) is 0 Å². The molecule has 0 unspecified atom stereocenters. The van der Waals surface area contributed by atoms with Crippen LogP contribution in [-0.2, 0) is 4.74 Å². The Hall–Kier alpha value is -2.55. The van der Waals surface area contributed by atoms with Crippen LogP contribution in [0.25, 0.3) is 21.5 Å². The Kier molecular flexibility index (Phi) is 4.70. The van der Waals surface area contributed by atoms with Gasteiger partial charge in [-0.05, 0) is 48.7 Å². The lowest BCUT2D eigenvalue weighted by Gasteiger charge is -2.13. The van der Waals surface area contributed by atoms with Crippen molar-refractivity contribution in [3.63, 3.8) is 0 Å². The highest BCUT2D eigenvalue weighted by atomic mass is 16.7. The van der Waals surface area contributed by atoms with Gasteiger partial charge in [-0.3, -0.25) is 0 Å². The maximum atomic E-state index is 12.1. The van der Waals surface area contributed by atoms with E-state index in [4.69, 9.17) is 9.47 Å². The highest BCUT2D eigenvalue weighted by molar-refractivity contribution is 6.07. The van der Waals surface area contributed by atoms with Gasteiger partial charge in [0, 0.05) is 10.8 Å². The third kappa shape index (κ3) is 3.21. The number of hydrogen-bond donors (Lipinski definition) is 0. The fraction of sp³-hybridized carbons (Fsp3) is 0.286. The minimum absolute atomic E-state index is 0.385. The molecule has 0 aliphatic rings. The summed E-state index contributed by atoms with van der Waals surface area (Å²) in [6, 6.07) is 14.3. The van der Waals surface area contributed by atoms with Gasteiger partial charge < -0.3 is 9.47 Å². The van der Waals surface area contributed by atoms with Crippen molar-refractivity contribution < 1.29 is 14.3 Å². The molecule has 3 rings (SSSR count). The first-order valence-electron chi connectivity index (χ1n) is 8.37. The third-order valence-corrected chi connectivity index (χ3v) is 4.23. The van der Waals surface area contributed by atoms with Crippen molar-refractivity contribution in [1.29, 1.82) is 0 Å². The molecule has 0 spiro atoms. The Labute approximate surface area is 142 Å². The van der Waals surface area contributed by atoms with Crippen LogP contribution in [-0.4, -0.2) is 12.8 Å². The molecule has 0 fully saturated rings. The predicted octanol–water partition coefficient (Wildman–Crippen LogP) is 5.93. The summed E-state index contributed by atoms with van der Waals surface area (Å²) in [7, 11) is 0. The van der Waals surface area contributed by atoms with Crippen molar-refractivity contribution in [2.75, 3.05) is 6.61 Å². The van der Waals surface area contributed by atoms with Crippen molar-refractivity contribution >= 4 is 27.7 Å². The average Bonchev–Trinajstić information content (AvgIpc) is 2.56. The molecule has 24 heavy (non-hydrogen) atoms. The minimum Gasteiger partial charge on any atom is -0.434 e. The van der Waals surface area contributed by atoms with Gasteiger partial charge in [-0.15, -0.1) is 0 Å². The number of carbonyl (C=O) groups is 1.